The van der Waals surface area contributed by atoms with Gasteiger partial charge in [-0.2, -0.15) is 0 Å². The Labute approximate surface area is 158 Å². The number of carbonyl (C=O) groups excluding carboxylic acids is 2. The molecule has 0 unspecified atom stereocenters. The number of Topliss-reactive ketones (excluding diaryl/α,β-unsaturated/α-hetero) is 1. The Morgan fingerprint density at radius 3 is 2.52 bits per heavy atom. The fourth-order valence-electron chi connectivity index (χ4n) is 3.13. The van der Waals surface area contributed by atoms with Gasteiger partial charge in [-0.15, -0.1) is 0 Å². The number of hydrogen-bond acceptors (Lipinski definition) is 4. The van der Waals surface area contributed by atoms with Crippen LogP contribution in [0.2, 0.25) is 0 Å². The standard InChI is InChI=1S/C22H24N2O3/c1-14(2)11-20(25)21(27-22(26)17-8-3-5-9-18(17)23)12-15-13-24-19-10-6-4-7-16(15)19/h3-10,13-14,21,24H,11-12,23H2,1-2H3/t21-/m0/s1. The lowest BCUT2D eigenvalue weighted by atomic mass is 9.98. The zero-order chi connectivity index (χ0) is 19.4. The summed E-state index contributed by atoms with van der Waals surface area (Å²) >= 11 is 0. The van der Waals surface area contributed by atoms with Crippen LogP contribution in [0.1, 0.15) is 36.2 Å². The maximum absolute atomic E-state index is 12.7. The third-order valence-corrected chi connectivity index (χ3v) is 4.48. The molecule has 1 aromatic heterocycles. The first-order valence-electron chi connectivity index (χ1n) is 9.09. The van der Waals surface area contributed by atoms with Gasteiger partial charge in [0, 0.05) is 35.6 Å². The van der Waals surface area contributed by atoms with Crippen molar-refractivity contribution in [2.75, 3.05) is 5.73 Å². The van der Waals surface area contributed by atoms with E-state index in [4.69, 9.17) is 10.5 Å². The van der Waals surface area contributed by atoms with E-state index in [9.17, 15) is 9.59 Å². The van der Waals surface area contributed by atoms with Crippen molar-refractivity contribution < 1.29 is 14.3 Å². The van der Waals surface area contributed by atoms with Crippen molar-refractivity contribution in [3.05, 3.63) is 65.9 Å². The molecule has 3 rings (SSSR count). The number of benzene rings is 2. The Hall–Kier alpha value is -3.08. The van der Waals surface area contributed by atoms with E-state index in [0.717, 1.165) is 16.5 Å². The minimum Gasteiger partial charge on any atom is -0.450 e. The number of esters is 1. The molecule has 5 nitrogen and oxygen atoms in total. The fourth-order valence-corrected chi connectivity index (χ4v) is 3.13. The van der Waals surface area contributed by atoms with Gasteiger partial charge in [0.2, 0.25) is 0 Å². The SMILES string of the molecule is CC(C)CC(=O)[C@H](Cc1c[nH]c2ccccc12)OC(=O)c1ccccc1N. The summed E-state index contributed by atoms with van der Waals surface area (Å²) in [4.78, 5) is 28.5. The smallest absolute Gasteiger partial charge is 0.340 e. The third-order valence-electron chi connectivity index (χ3n) is 4.48. The molecular formula is C22H24N2O3. The average Bonchev–Trinajstić information content (AvgIpc) is 3.04. The number of aromatic amines is 1. The van der Waals surface area contributed by atoms with Crippen LogP contribution in [0, 0.1) is 5.92 Å². The molecule has 140 valence electrons. The third kappa shape index (κ3) is 4.37. The van der Waals surface area contributed by atoms with Crippen molar-refractivity contribution in [1.82, 2.24) is 4.98 Å². The number of carbonyl (C=O) groups is 2. The predicted molar refractivity (Wildman–Crippen MR) is 107 cm³/mol. The molecule has 3 N–H and O–H groups in total. The summed E-state index contributed by atoms with van der Waals surface area (Å²) in [7, 11) is 0. The zero-order valence-corrected chi connectivity index (χ0v) is 15.6. The number of ketones is 1. The van der Waals surface area contributed by atoms with Gasteiger partial charge in [0.05, 0.1) is 5.56 Å². The van der Waals surface area contributed by atoms with Crippen molar-refractivity contribution in [2.24, 2.45) is 5.92 Å². The molecule has 0 fully saturated rings. The van der Waals surface area contributed by atoms with Crippen molar-refractivity contribution in [2.45, 2.75) is 32.8 Å². The predicted octanol–water partition coefficient (Wildman–Crippen LogP) is 4.13. The summed E-state index contributed by atoms with van der Waals surface area (Å²) in [6.07, 6.45) is 1.70. The molecule has 3 aromatic rings. The topological polar surface area (TPSA) is 85.2 Å². The summed E-state index contributed by atoms with van der Waals surface area (Å²) < 4.78 is 5.62. The molecule has 1 heterocycles. The Balaban J connectivity index is 1.86. The van der Waals surface area contributed by atoms with Crippen LogP contribution in [0.4, 0.5) is 5.69 Å². The largest absolute Gasteiger partial charge is 0.450 e. The highest BCUT2D eigenvalue weighted by Crippen LogP contribution is 2.22. The van der Waals surface area contributed by atoms with Gasteiger partial charge >= 0.3 is 5.97 Å². The number of rotatable bonds is 7. The highest BCUT2D eigenvalue weighted by molar-refractivity contribution is 5.97. The molecule has 5 heteroatoms. The van der Waals surface area contributed by atoms with Gasteiger partial charge in [-0.25, -0.2) is 4.79 Å². The molecule has 0 aliphatic rings. The number of nitrogens with two attached hydrogens (primary N) is 1. The quantitative estimate of drug-likeness (QED) is 0.487. The number of nitrogens with one attached hydrogen (secondary N) is 1. The van der Waals surface area contributed by atoms with Crippen LogP contribution in [0.15, 0.2) is 54.7 Å². The van der Waals surface area contributed by atoms with Crippen LogP contribution in [0.3, 0.4) is 0 Å². The molecule has 0 aliphatic carbocycles. The molecule has 0 spiro atoms. The second-order valence-electron chi connectivity index (χ2n) is 7.11. The average molecular weight is 364 g/mol. The molecule has 0 saturated carbocycles. The van der Waals surface area contributed by atoms with E-state index in [1.807, 2.05) is 44.3 Å². The van der Waals surface area contributed by atoms with Crippen LogP contribution >= 0.6 is 0 Å². The van der Waals surface area contributed by atoms with Gasteiger partial charge < -0.3 is 15.5 Å². The van der Waals surface area contributed by atoms with Crippen LogP contribution in [-0.2, 0) is 16.0 Å². The molecular weight excluding hydrogens is 340 g/mol. The molecule has 0 radical (unpaired) electrons. The summed E-state index contributed by atoms with van der Waals surface area (Å²) in [5, 5.41) is 1.02. The minimum atomic E-state index is -0.848. The maximum Gasteiger partial charge on any atom is 0.340 e. The molecule has 2 aromatic carbocycles. The summed E-state index contributed by atoms with van der Waals surface area (Å²) in [5.41, 5.74) is 8.42. The first-order valence-corrected chi connectivity index (χ1v) is 9.09. The molecule has 27 heavy (non-hydrogen) atoms. The monoisotopic (exact) mass is 364 g/mol. The summed E-state index contributed by atoms with van der Waals surface area (Å²) in [5.74, 6) is -0.475. The maximum atomic E-state index is 12.7. The van der Waals surface area contributed by atoms with Crippen LogP contribution in [0.5, 0.6) is 0 Å². The number of ether oxygens (including phenoxy) is 1. The van der Waals surface area contributed by atoms with Crippen molar-refractivity contribution in [3.8, 4) is 0 Å². The first-order chi connectivity index (χ1) is 13.0. The van der Waals surface area contributed by atoms with Gasteiger partial charge in [0.1, 0.15) is 0 Å². The van der Waals surface area contributed by atoms with E-state index in [-0.39, 0.29) is 17.3 Å². The Morgan fingerprint density at radius 1 is 1.07 bits per heavy atom. The Bertz CT molecular complexity index is 959. The normalized spacial score (nSPS) is 12.3. The van der Waals surface area contributed by atoms with Gasteiger partial charge in [-0.05, 0) is 29.7 Å². The minimum absolute atomic E-state index is 0.0851. The lowest BCUT2D eigenvalue weighted by Gasteiger charge is -2.18. The lowest BCUT2D eigenvalue weighted by molar-refractivity contribution is -0.128. The molecule has 0 aliphatic heterocycles. The Kier molecular flexibility index (Phi) is 5.60. The number of H-pyrrole nitrogens is 1. The number of hydrogen-bond donors (Lipinski definition) is 2. The first kappa shape index (κ1) is 18.7. The summed E-state index contributed by atoms with van der Waals surface area (Å²) in [6, 6.07) is 14.6. The molecule has 0 bridgehead atoms. The van der Waals surface area contributed by atoms with Crippen LogP contribution in [-0.4, -0.2) is 22.8 Å². The van der Waals surface area contributed by atoms with Crippen LogP contribution in [0.25, 0.3) is 10.9 Å². The van der Waals surface area contributed by atoms with Crippen molar-refractivity contribution in [1.29, 1.82) is 0 Å². The van der Waals surface area contributed by atoms with Crippen LogP contribution < -0.4 is 5.73 Å². The van der Waals surface area contributed by atoms with E-state index in [1.54, 1.807) is 24.3 Å². The second-order valence-corrected chi connectivity index (χ2v) is 7.11. The fraction of sp³-hybridized carbons (Fsp3) is 0.273. The highest BCUT2D eigenvalue weighted by atomic mass is 16.5. The van der Waals surface area contributed by atoms with E-state index >= 15 is 0 Å². The highest BCUT2D eigenvalue weighted by Gasteiger charge is 2.26. The molecule has 0 amide bonds. The molecule has 0 saturated heterocycles. The number of aromatic nitrogens is 1. The van der Waals surface area contributed by atoms with Crippen molar-refractivity contribution >= 4 is 28.3 Å². The van der Waals surface area contributed by atoms with E-state index < -0.39 is 12.1 Å². The second kappa shape index (κ2) is 8.08. The molecule has 1 atom stereocenters. The number of anilines is 1. The number of para-hydroxylation sites is 2. The van der Waals surface area contributed by atoms with E-state index in [0.29, 0.717) is 18.5 Å². The van der Waals surface area contributed by atoms with Gasteiger partial charge in [-0.1, -0.05) is 44.2 Å². The summed E-state index contributed by atoms with van der Waals surface area (Å²) in [6.45, 7) is 3.94. The van der Waals surface area contributed by atoms with Crippen molar-refractivity contribution in [3.63, 3.8) is 0 Å². The number of fused-ring (bicyclic) bond motifs is 1. The number of nitrogen functional groups attached to an aromatic ring is 1. The van der Waals surface area contributed by atoms with E-state index in [2.05, 4.69) is 4.98 Å². The zero-order valence-electron chi connectivity index (χ0n) is 15.6. The van der Waals surface area contributed by atoms with E-state index in [1.165, 1.54) is 0 Å². The van der Waals surface area contributed by atoms with Gasteiger partial charge in [0.15, 0.2) is 11.9 Å². The lowest BCUT2D eigenvalue weighted by Crippen LogP contribution is -2.30. The Morgan fingerprint density at radius 2 is 1.78 bits per heavy atom. The van der Waals surface area contributed by atoms with Gasteiger partial charge in [0.25, 0.3) is 0 Å². The van der Waals surface area contributed by atoms with Gasteiger partial charge in [-0.3, -0.25) is 4.79 Å².